The van der Waals surface area contributed by atoms with Gasteiger partial charge in [0.15, 0.2) is 0 Å². The van der Waals surface area contributed by atoms with Gasteiger partial charge in [-0.3, -0.25) is 4.79 Å². The van der Waals surface area contributed by atoms with Crippen LogP contribution in [0.3, 0.4) is 0 Å². The van der Waals surface area contributed by atoms with E-state index in [4.69, 9.17) is 0 Å². The molecule has 80 valence electrons. The van der Waals surface area contributed by atoms with Crippen LogP contribution in [-0.2, 0) is 0 Å². The van der Waals surface area contributed by atoms with E-state index in [9.17, 15) is 4.79 Å². The Bertz CT molecular complexity index is 345. The van der Waals surface area contributed by atoms with Crippen LogP contribution in [0, 0.1) is 0 Å². The average molecular weight is 270 g/mol. The molecule has 1 aliphatic rings. The Balaban J connectivity index is 2.04. The Labute approximate surface area is 96.6 Å². The number of hydrogen-bond acceptors (Lipinski definition) is 3. The molecule has 0 aromatic carbocycles. The quantitative estimate of drug-likeness (QED) is 0.847. The first kappa shape index (κ1) is 10.5. The van der Waals surface area contributed by atoms with E-state index in [2.05, 4.69) is 31.2 Å². The molecule has 1 heterocycles. The molecular formula is C10H12BrN3O. The fourth-order valence-electron chi connectivity index (χ4n) is 1.62. The van der Waals surface area contributed by atoms with Crippen LogP contribution in [0.5, 0.6) is 0 Å². The third-order valence-corrected chi connectivity index (χ3v) is 3.84. The number of alkyl halides is 1. The second-order valence-electron chi connectivity index (χ2n) is 3.85. The average Bonchev–Trinajstić information content (AvgIpc) is 2.24. The molecule has 0 radical (unpaired) electrons. The molecule has 1 aromatic heterocycles. The highest BCUT2D eigenvalue weighted by Crippen LogP contribution is 2.33. The van der Waals surface area contributed by atoms with Gasteiger partial charge in [-0.1, -0.05) is 15.9 Å². The highest BCUT2D eigenvalue weighted by Gasteiger charge is 2.37. The van der Waals surface area contributed by atoms with Crippen LogP contribution >= 0.6 is 15.9 Å². The lowest BCUT2D eigenvalue weighted by molar-refractivity contribution is 0.0855. The normalized spacial score (nSPS) is 17.9. The zero-order valence-corrected chi connectivity index (χ0v) is 9.83. The van der Waals surface area contributed by atoms with E-state index in [1.807, 2.05) is 0 Å². The molecule has 0 aliphatic heterocycles. The summed E-state index contributed by atoms with van der Waals surface area (Å²) in [5, 5.41) is 3.84. The van der Waals surface area contributed by atoms with E-state index >= 15 is 0 Å². The van der Waals surface area contributed by atoms with Crippen molar-refractivity contribution in [2.75, 3.05) is 5.33 Å². The SMILES string of the molecule is O=C(NC1(CBr)CCC1)c1cncnc1. The van der Waals surface area contributed by atoms with Gasteiger partial charge in [-0.25, -0.2) is 9.97 Å². The van der Waals surface area contributed by atoms with Crippen molar-refractivity contribution in [1.29, 1.82) is 0 Å². The van der Waals surface area contributed by atoms with Crippen molar-refractivity contribution >= 4 is 21.8 Å². The second-order valence-corrected chi connectivity index (χ2v) is 4.41. The summed E-state index contributed by atoms with van der Waals surface area (Å²) in [6.45, 7) is 0. The van der Waals surface area contributed by atoms with E-state index in [0.29, 0.717) is 5.56 Å². The zero-order valence-electron chi connectivity index (χ0n) is 8.24. The summed E-state index contributed by atoms with van der Waals surface area (Å²) in [4.78, 5) is 19.4. The van der Waals surface area contributed by atoms with Gasteiger partial charge >= 0.3 is 0 Å². The number of amides is 1. The summed E-state index contributed by atoms with van der Waals surface area (Å²) < 4.78 is 0. The molecule has 1 amide bonds. The molecule has 1 saturated carbocycles. The lowest BCUT2D eigenvalue weighted by atomic mass is 9.78. The first-order valence-electron chi connectivity index (χ1n) is 4.89. The molecule has 0 saturated heterocycles. The highest BCUT2D eigenvalue weighted by molar-refractivity contribution is 9.09. The third-order valence-electron chi connectivity index (χ3n) is 2.77. The van der Waals surface area contributed by atoms with Crippen molar-refractivity contribution in [3.05, 3.63) is 24.3 Å². The number of carbonyl (C=O) groups is 1. The molecule has 0 bridgehead atoms. The molecule has 5 heteroatoms. The van der Waals surface area contributed by atoms with Crippen LogP contribution in [-0.4, -0.2) is 26.7 Å². The number of rotatable bonds is 3. The largest absolute Gasteiger partial charge is 0.346 e. The summed E-state index contributed by atoms with van der Waals surface area (Å²) in [6.07, 6.45) is 7.73. The van der Waals surface area contributed by atoms with Gasteiger partial charge in [0, 0.05) is 17.7 Å². The van der Waals surface area contributed by atoms with E-state index in [-0.39, 0.29) is 11.4 Å². The van der Waals surface area contributed by atoms with Crippen LogP contribution in [0.25, 0.3) is 0 Å². The van der Waals surface area contributed by atoms with Crippen LogP contribution in [0.15, 0.2) is 18.7 Å². The Morgan fingerprint density at radius 2 is 2.13 bits per heavy atom. The van der Waals surface area contributed by atoms with Crippen LogP contribution in [0.4, 0.5) is 0 Å². The van der Waals surface area contributed by atoms with Crippen LogP contribution < -0.4 is 5.32 Å². The molecule has 2 rings (SSSR count). The Morgan fingerprint density at radius 3 is 2.60 bits per heavy atom. The van der Waals surface area contributed by atoms with E-state index in [0.717, 1.165) is 18.2 Å². The first-order chi connectivity index (χ1) is 7.26. The fourth-order valence-corrected chi connectivity index (χ4v) is 2.33. The van der Waals surface area contributed by atoms with Crippen molar-refractivity contribution in [3.63, 3.8) is 0 Å². The van der Waals surface area contributed by atoms with Gasteiger partial charge in [0.05, 0.1) is 11.1 Å². The summed E-state index contributed by atoms with van der Waals surface area (Å²) in [6, 6.07) is 0. The smallest absolute Gasteiger partial charge is 0.254 e. The molecule has 1 fully saturated rings. The molecule has 0 unspecified atom stereocenters. The molecule has 0 atom stereocenters. The minimum Gasteiger partial charge on any atom is -0.346 e. The minimum atomic E-state index is -0.0882. The Hall–Kier alpha value is -0.970. The van der Waals surface area contributed by atoms with Crippen molar-refractivity contribution in [2.24, 2.45) is 0 Å². The lowest BCUT2D eigenvalue weighted by Crippen LogP contribution is -2.54. The number of nitrogens with one attached hydrogen (secondary N) is 1. The number of hydrogen-bond donors (Lipinski definition) is 1. The Morgan fingerprint density at radius 1 is 1.47 bits per heavy atom. The number of aromatic nitrogens is 2. The predicted molar refractivity (Wildman–Crippen MR) is 59.9 cm³/mol. The molecule has 1 aromatic rings. The molecule has 0 spiro atoms. The Kier molecular flexibility index (Phi) is 3.00. The highest BCUT2D eigenvalue weighted by atomic mass is 79.9. The standard InChI is InChI=1S/C10H12BrN3O/c11-6-10(2-1-3-10)14-9(15)8-4-12-7-13-5-8/h4-5,7H,1-3,6H2,(H,14,15). The van der Waals surface area contributed by atoms with Crippen molar-refractivity contribution < 1.29 is 4.79 Å². The fraction of sp³-hybridized carbons (Fsp3) is 0.500. The lowest BCUT2D eigenvalue weighted by Gasteiger charge is -2.41. The minimum absolute atomic E-state index is 0.0487. The van der Waals surface area contributed by atoms with E-state index in [1.54, 1.807) is 0 Å². The molecule has 15 heavy (non-hydrogen) atoms. The third kappa shape index (κ3) is 2.17. The maximum Gasteiger partial charge on any atom is 0.254 e. The first-order valence-corrected chi connectivity index (χ1v) is 6.01. The van der Waals surface area contributed by atoms with Gasteiger partial charge in [0.2, 0.25) is 0 Å². The van der Waals surface area contributed by atoms with Gasteiger partial charge in [0.1, 0.15) is 6.33 Å². The maximum absolute atomic E-state index is 11.8. The van der Waals surface area contributed by atoms with Crippen molar-refractivity contribution in [3.8, 4) is 0 Å². The molecule has 4 nitrogen and oxygen atoms in total. The van der Waals surface area contributed by atoms with Crippen molar-refractivity contribution in [2.45, 2.75) is 24.8 Å². The van der Waals surface area contributed by atoms with E-state index in [1.165, 1.54) is 25.1 Å². The topological polar surface area (TPSA) is 54.9 Å². The van der Waals surface area contributed by atoms with Gasteiger partial charge < -0.3 is 5.32 Å². The van der Waals surface area contributed by atoms with Crippen LogP contribution in [0.2, 0.25) is 0 Å². The zero-order chi connectivity index (χ0) is 10.7. The predicted octanol–water partition coefficient (Wildman–Crippen LogP) is 1.52. The summed E-state index contributed by atoms with van der Waals surface area (Å²) >= 11 is 3.44. The second kappa shape index (κ2) is 4.26. The number of nitrogens with zero attached hydrogens (tertiary/aromatic N) is 2. The van der Waals surface area contributed by atoms with Crippen LogP contribution in [0.1, 0.15) is 29.6 Å². The van der Waals surface area contributed by atoms with Gasteiger partial charge in [0.25, 0.3) is 5.91 Å². The van der Waals surface area contributed by atoms with Gasteiger partial charge in [-0.2, -0.15) is 0 Å². The summed E-state index contributed by atoms with van der Waals surface area (Å²) in [5.41, 5.74) is 0.470. The van der Waals surface area contributed by atoms with Gasteiger partial charge in [-0.05, 0) is 19.3 Å². The van der Waals surface area contributed by atoms with E-state index < -0.39 is 0 Å². The maximum atomic E-state index is 11.8. The molecule has 1 aliphatic carbocycles. The number of halogens is 1. The summed E-state index contributed by atoms with van der Waals surface area (Å²) in [7, 11) is 0. The molecule has 1 N–H and O–H groups in total. The van der Waals surface area contributed by atoms with Gasteiger partial charge in [-0.15, -0.1) is 0 Å². The summed E-state index contributed by atoms with van der Waals surface area (Å²) in [5.74, 6) is -0.0882. The molecular weight excluding hydrogens is 258 g/mol. The number of carbonyl (C=O) groups excluding carboxylic acids is 1. The monoisotopic (exact) mass is 269 g/mol. The van der Waals surface area contributed by atoms with Crippen molar-refractivity contribution in [1.82, 2.24) is 15.3 Å².